The van der Waals surface area contributed by atoms with Gasteiger partial charge in [-0.1, -0.05) is 0 Å². The molecule has 0 aromatic carbocycles. The number of rotatable bonds is 3. The third-order valence-electron chi connectivity index (χ3n) is 1.72. The predicted octanol–water partition coefficient (Wildman–Crippen LogP) is 3.56. The molecule has 0 radical (unpaired) electrons. The molecule has 0 bridgehead atoms. The van der Waals surface area contributed by atoms with Gasteiger partial charge in [0.05, 0.1) is 21.3 Å². The molecule has 0 N–H and O–H groups in total. The molecule has 0 aliphatic rings. The number of esters is 1. The maximum absolute atomic E-state index is 12.7. The van der Waals surface area contributed by atoms with E-state index >= 15 is 0 Å². The highest BCUT2D eigenvalue weighted by Gasteiger charge is 2.24. The summed E-state index contributed by atoms with van der Waals surface area (Å²) in [6, 6.07) is 0. The van der Waals surface area contributed by atoms with Crippen molar-refractivity contribution in [1.82, 2.24) is 4.98 Å². The van der Waals surface area contributed by atoms with Gasteiger partial charge < -0.3 is 4.74 Å². The minimum atomic E-state index is -2.76. The highest BCUT2D eigenvalue weighted by atomic mass is 127. The first-order valence-electron chi connectivity index (χ1n) is 4.28. The van der Waals surface area contributed by atoms with E-state index in [1.165, 1.54) is 0 Å². The minimum Gasteiger partial charge on any atom is -0.462 e. The molecular formula is C9H7BrF2INO2. The van der Waals surface area contributed by atoms with E-state index in [-0.39, 0.29) is 12.2 Å². The van der Waals surface area contributed by atoms with Crippen LogP contribution in [0.1, 0.15) is 29.3 Å². The van der Waals surface area contributed by atoms with Gasteiger partial charge in [-0.05, 0) is 45.4 Å². The lowest BCUT2D eigenvalue weighted by molar-refractivity contribution is 0.0513. The van der Waals surface area contributed by atoms with E-state index in [0.29, 0.717) is 8.17 Å². The molecule has 1 aromatic heterocycles. The Morgan fingerprint density at radius 3 is 2.81 bits per heavy atom. The molecule has 0 aliphatic carbocycles. The maximum atomic E-state index is 12.7. The van der Waals surface area contributed by atoms with Crippen LogP contribution in [0.4, 0.5) is 8.78 Å². The fraction of sp³-hybridized carbons (Fsp3) is 0.333. The molecule has 0 saturated carbocycles. The van der Waals surface area contributed by atoms with Crippen molar-refractivity contribution in [2.45, 2.75) is 13.3 Å². The first kappa shape index (κ1) is 13.8. The molecule has 7 heteroatoms. The Morgan fingerprint density at radius 1 is 1.69 bits per heavy atom. The number of aromatic nitrogens is 1. The Morgan fingerprint density at radius 2 is 2.31 bits per heavy atom. The predicted molar refractivity (Wildman–Crippen MR) is 65.6 cm³/mol. The van der Waals surface area contributed by atoms with Gasteiger partial charge in [-0.3, -0.25) is 0 Å². The van der Waals surface area contributed by atoms with Crippen LogP contribution in [0.25, 0.3) is 0 Å². The molecular weight excluding hydrogens is 399 g/mol. The fourth-order valence-electron chi connectivity index (χ4n) is 1.05. The van der Waals surface area contributed by atoms with Gasteiger partial charge in [0.25, 0.3) is 6.43 Å². The Balaban J connectivity index is 3.31. The Kier molecular flexibility index (Phi) is 5.03. The summed E-state index contributed by atoms with van der Waals surface area (Å²) in [6.45, 7) is 1.75. The van der Waals surface area contributed by atoms with Gasteiger partial charge in [-0.2, -0.15) is 0 Å². The van der Waals surface area contributed by atoms with Crippen molar-refractivity contribution in [3.05, 3.63) is 25.5 Å². The largest absolute Gasteiger partial charge is 0.462 e. The molecule has 0 spiro atoms. The summed E-state index contributed by atoms with van der Waals surface area (Å²) in [5, 5.41) is 0. The molecule has 1 heterocycles. The van der Waals surface area contributed by atoms with Gasteiger partial charge >= 0.3 is 5.97 Å². The van der Waals surface area contributed by atoms with E-state index in [0.717, 1.165) is 6.20 Å². The first-order valence-corrected chi connectivity index (χ1v) is 6.15. The topological polar surface area (TPSA) is 39.2 Å². The van der Waals surface area contributed by atoms with Gasteiger partial charge in [0.1, 0.15) is 4.60 Å². The molecule has 16 heavy (non-hydrogen) atoms. The lowest BCUT2D eigenvalue weighted by Gasteiger charge is -2.10. The van der Waals surface area contributed by atoms with Crippen LogP contribution in [0.5, 0.6) is 0 Å². The molecule has 0 unspecified atom stereocenters. The van der Waals surface area contributed by atoms with E-state index < -0.39 is 18.0 Å². The summed E-state index contributed by atoms with van der Waals surface area (Å²) in [5.41, 5.74) is -0.537. The number of halogens is 4. The number of ether oxygens (including phenoxy) is 1. The number of pyridine rings is 1. The summed E-state index contributed by atoms with van der Waals surface area (Å²) in [6.07, 6.45) is -1.78. The second-order valence-corrected chi connectivity index (χ2v) is 4.54. The van der Waals surface area contributed by atoms with Crippen molar-refractivity contribution in [1.29, 1.82) is 0 Å². The van der Waals surface area contributed by atoms with Gasteiger partial charge in [-0.15, -0.1) is 0 Å². The summed E-state index contributed by atoms with van der Waals surface area (Å²) in [7, 11) is 0. The van der Waals surface area contributed by atoms with Crippen molar-refractivity contribution in [2.24, 2.45) is 0 Å². The Hall–Kier alpha value is -0.310. The van der Waals surface area contributed by atoms with Crippen LogP contribution in [-0.2, 0) is 4.74 Å². The van der Waals surface area contributed by atoms with Crippen molar-refractivity contribution < 1.29 is 18.3 Å². The van der Waals surface area contributed by atoms with Gasteiger partial charge in [-0.25, -0.2) is 18.6 Å². The van der Waals surface area contributed by atoms with Crippen molar-refractivity contribution in [3.8, 4) is 0 Å². The summed E-state index contributed by atoms with van der Waals surface area (Å²) in [5.74, 6) is -0.759. The van der Waals surface area contributed by atoms with Crippen LogP contribution in [0, 0.1) is 3.57 Å². The minimum absolute atomic E-state index is 0.126. The van der Waals surface area contributed by atoms with Gasteiger partial charge in [0.2, 0.25) is 0 Å². The lowest BCUT2D eigenvalue weighted by atomic mass is 10.1. The molecule has 88 valence electrons. The van der Waals surface area contributed by atoms with E-state index in [1.54, 1.807) is 29.5 Å². The van der Waals surface area contributed by atoms with Crippen molar-refractivity contribution in [2.75, 3.05) is 6.61 Å². The van der Waals surface area contributed by atoms with Crippen molar-refractivity contribution >= 4 is 44.5 Å². The standard InChI is InChI=1S/C9H7BrF2INO2/c1-2-16-9(15)5-4(8(11)12)3-14-7(10)6(5)13/h3,8H,2H2,1H3. The third kappa shape index (κ3) is 2.88. The summed E-state index contributed by atoms with van der Waals surface area (Å²) >= 11 is 4.85. The Labute approximate surface area is 113 Å². The van der Waals surface area contributed by atoms with E-state index in [9.17, 15) is 13.6 Å². The molecule has 0 saturated heterocycles. The second-order valence-electron chi connectivity index (χ2n) is 2.71. The van der Waals surface area contributed by atoms with Crippen molar-refractivity contribution in [3.63, 3.8) is 0 Å². The van der Waals surface area contributed by atoms with E-state index in [4.69, 9.17) is 4.74 Å². The molecule has 0 atom stereocenters. The smallest absolute Gasteiger partial charge is 0.339 e. The van der Waals surface area contributed by atoms with Crippen LogP contribution < -0.4 is 0 Å². The number of nitrogens with zero attached hydrogens (tertiary/aromatic N) is 1. The monoisotopic (exact) mass is 405 g/mol. The number of carbonyl (C=O) groups is 1. The average Bonchev–Trinajstić information content (AvgIpc) is 2.21. The fourth-order valence-corrected chi connectivity index (χ4v) is 2.02. The third-order valence-corrected chi connectivity index (χ3v) is 4.11. The van der Waals surface area contributed by atoms with Crippen LogP contribution in [0.2, 0.25) is 0 Å². The molecule has 0 fully saturated rings. The van der Waals surface area contributed by atoms with Gasteiger partial charge in [0.15, 0.2) is 0 Å². The normalized spacial score (nSPS) is 10.6. The van der Waals surface area contributed by atoms with Crippen LogP contribution in [0.3, 0.4) is 0 Å². The zero-order valence-electron chi connectivity index (χ0n) is 8.14. The van der Waals surface area contributed by atoms with Gasteiger partial charge in [0, 0.05) is 6.20 Å². The van der Waals surface area contributed by atoms with E-state index in [2.05, 4.69) is 20.9 Å². The summed E-state index contributed by atoms with van der Waals surface area (Å²) < 4.78 is 30.8. The molecule has 3 nitrogen and oxygen atoms in total. The Bertz CT molecular complexity index is 415. The maximum Gasteiger partial charge on any atom is 0.339 e. The van der Waals surface area contributed by atoms with E-state index in [1.807, 2.05) is 0 Å². The average molecular weight is 406 g/mol. The lowest BCUT2D eigenvalue weighted by Crippen LogP contribution is -2.12. The zero-order valence-corrected chi connectivity index (χ0v) is 11.9. The number of hydrogen-bond donors (Lipinski definition) is 0. The number of alkyl halides is 2. The molecule has 0 aliphatic heterocycles. The molecule has 1 aromatic rings. The second kappa shape index (κ2) is 5.85. The number of carbonyl (C=O) groups excluding carboxylic acids is 1. The zero-order chi connectivity index (χ0) is 12.3. The number of hydrogen-bond acceptors (Lipinski definition) is 3. The SMILES string of the molecule is CCOC(=O)c1c(C(F)F)cnc(Br)c1I. The highest BCUT2D eigenvalue weighted by Crippen LogP contribution is 2.30. The van der Waals surface area contributed by atoms with Crippen LogP contribution >= 0.6 is 38.5 Å². The van der Waals surface area contributed by atoms with Crippen LogP contribution in [0.15, 0.2) is 10.8 Å². The summed E-state index contributed by atoms with van der Waals surface area (Å²) in [4.78, 5) is 15.3. The first-order chi connectivity index (χ1) is 7.49. The molecule has 0 amide bonds. The van der Waals surface area contributed by atoms with Crippen LogP contribution in [-0.4, -0.2) is 17.6 Å². The highest BCUT2D eigenvalue weighted by molar-refractivity contribution is 14.1. The quantitative estimate of drug-likeness (QED) is 0.438. The molecule has 1 rings (SSSR count).